The topological polar surface area (TPSA) is 52.6 Å². The zero-order valence-electron chi connectivity index (χ0n) is 12.3. The third-order valence-electron chi connectivity index (χ3n) is 2.41. The Morgan fingerprint density at radius 2 is 1.85 bits per heavy atom. The second kappa shape index (κ2) is 6.91. The molecule has 20 heavy (non-hydrogen) atoms. The Hall–Kier alpha value is -0.590. The molecule has 0 aliphatic rings. The molecule has 0 aliphatic heterocycles. The van der Waals surface area contributed by atoms with Crippen LogP contribution in [0.5, 0.6) is 5.75 Å². The van der Waals surface area contributed by atoms with E-state index in [4.69, 9.17) is 9.47 Å². The Kier molecular flexibility index (Phi) is 6.04. The molecule has 1 aromatic rings. The number of benzene rings is 1. The summed E-state index contributed by atoms with van der Waals surface area (Å²) in [5.74, 6) is 0.433. The molecule has 1 aromatic carbocycles. The average molecular weight is 365 g/mol. The van der Waals surface area contributed by atoms with Crippen molar-refractivity contribution in [2.75, 3.05) is 26.1 Å². The van der Waals surface area contributed by atoms with E-state index in [-0.39, 0.29) is 16.1 Å². The molecule has 4 nitrogen and oxygen atoms in total. The summed E-state index contributed by atoms with van der Waals surface area (Å²) >= 11 is 3.33. The van der Waals surface area contributed by atoms with Crippen molar-refractivity contribution in [1.82, 2.24) is 0 Å². The van der Waals surface area contributed by atoms with Gasteiger partial charge in [0, 0.05) is 11.6 Å². The maximum absolute atomic E-state index is 12.5. The van der Waals surface area contributed by atoms with Crippen LogP contribution in [-0.4, -0.2) is 34.5 Å². The monoisotopic (exact) mass is 364 g/mol. The molecule has 0 saturated heterocycles. The minimum Gasteiger partial charge on any atom is -0.490 e. The summed E-state index contributed by atoms with van der Waals surface area (Å²) in [6, 6.07) is 4.96. The first-order valence-electron chi connectivity index (χ1n) is 6.30. The number of rotatable bonds is 6. The smallest absolute Gasteiger partial charge is 0.182 e. The minimum absolute atomic E-state index is 0.0717. The fraction of sp³-hybridized carbons (Fsp3) is 0.571. The van der Waals surface area contributed by atoms with Crippen LogP contribution < -0.4 is 4.74 Å². The van der Waals surface area contributed by atoms with Crippen molar-refractivity contribution in [3.05, 3.63) is 22.7 Å². The van der Waals surface area contributed by atoms with E-state index in [9.17, 15) is 8.42 Å². The van der Waals surface area contributed by atoms with E-state index < -0.39 is 9.84 Å². The van der Waals surface area contributed by atoms with Crippen LogP contribution in [-0.2, 0) is 14.6 Å². The normalized spacial score (nSPS) is 12.4. The largest absolute Gasteiger partial charge is 0.490 e. The van der Waals surface area contributed by atoms with E-state index in [0.29, 0.717) is 19.0 Å². The van der Waals surface area contributed by atoms with Gasteiger partial charge in [-0.25, -0.2) is 8.42 Å². The van der Waals surface area contributed by atoms with Crippen molar-refractivity contribution in [3.8, 4) is 5.75 Å². The van der Waals surface area contributed by atoms with Gasteiger partial charge in [-0.3, -0.25) is 0 Å². The molecular formula is C14H21BrO4S. The summed E-state index contributed by atoms with van der Waals surface area (Å²) in [7, 11) is -1.82. The van der Waals surface area contributed by atoms with Crippen LogP contribution in [0.4, 0.5) is 0 Å². The third-order valence-corrected chi connectivity index (χ3v) is 5.16. The molecule has 1 rings (SSSR count). The molecule has 0 heterocycles. The van der Waals surface area contributed by atoms with Gasteiger partial charge in [0.05, 0.1) is 12.4 Å². The quantitative estimate of drug-likeness (QED) is 0.726. The van der Waals surface area contributed by atoms with E-state index in [0.717, 1.165) is 4.47 Å². The molecular weight excluding hydrogens is 344 g/mol. The number of methoxy groups -OCH3 is 1. The number of hydrogen-bond acceptors (Lipinski definition) is 4. The highest BCUT2D eigenvalue weighted by atomic mass is 79.9. The van der Waals surface area contributed by atoms with Crippen molar-refractivity contribution in [2.24, 2.45) is 5.41 Å². The van der Waals surface area contributed by atoms with Crippen LogP contribution in [0.3, 0.4) is 0 Å². The molecule has 0 bridgehead atoms. The van der Waals surface area contributed by atoms with Crippen LogP contribution in [0.2, 0.25) is 0 Å². The highest BCUT2D eigenvalue weighted by Gasteiger charge is 2.26. The highest BCUT2D eigenvalue weighted by Crippen LogP contribution is 2.31. The highest BCUT2D eigenvalue weighted by molar-refractivity contribution is 9.10. The predicted octanol–water partition coefficient (Wildman–Crippen LogP) is 3.29. The number of sulfone groups is 1. The van der Waals surface area contributed by atoms with Crippen molar-refractivity contribution >= 4 is 25.8 Å². The van der Waals surface area contributed by atoms with Gasteiger partial charge >= 0.3 is 0 Å². The van der Waals surface area contributed by atoms with Crippen molar-refractivity contribution < 1.29 is 17.9 Å². The van der Waals surface area contributed by atoms with Crippen LogP contribution in [0.15, 0.2) is 27.6 Å². The predicted molar refractivity (Wildman–Crippen MR) is 83.0 cm³/mol. The van der Waals surface area contributed by atoms with Gasteiger partial charge < -0.3 is 9.47 Å². The van der Waals surface area contributed by atoms with Crippen LogP contribution in [0.1, 0.15) is 20.8 Å². The maximum Gasteiger partial charge on any atom is 0.182 e. The zero-order chi connectivity index (χ0) is 15.4. The Labute approximate surface area is 129 Å². The number of hydrogen-bond donors (Lipinski definition) is 0. The molecule has 114 valence electrons. The van der Waals surface area contributed by atoms with Crippen LogP contribution in [0.25, 0.3) is 0 Å². The maximum atomic E-state index is 12.5. The van der Waals surface area contributed by atoms with Gasteiger partial charge in [0.25, 0.3) is 0 Å². The first-order valence-corrected chi connectivity index (χ1v) is 8.74. The lowest BCUT2D eigenvalue weighted by atomic mass is 10.0. The minimum atomic E-state index is -3.39. The fourth-order valence-electron chi connectivity index (χ4n) is 1.73. The van der Waals surface area contributed by atoms with E-state index in [1.165, 1.54) is 0 Å². The molecule has 0 N–H and O–H groups in total. The lowest BCUT2D eigenvalue weighted by Crippen LogP contribution is -2.21. The molecule has 0 saturated carbocycles. The lowest BCUT2D eigenvalue weighted by molar-refractivity contribution is 0.144. The van der Waals surface area contributed by atoms with Gasteiger partial charge in [0.1, 0.15) is 17.3 Å². The molecule has 0 atom stereocenters. The molecule has 0 spiro atoms. The first-order chi connectivity index (χ1) is 9.15. The lowest BCUT2D eigenvalue weighted by Gasteiger charge is -2.19. The molecule has 0 fully saturated rings. The summed E-state index contributed by atoms with van der Waals surface area (Å²) < 4.78 is 36.2. The molecule has 0 aromatic heterocycles. The van der Waals surface area contributed by atoms with Gasteiger partial charge in [-0.2, -0.15) is 0 Å². The summed E-state index contributed by atoms with van der Waals surface area (Å²) in [6.07, 6.45) is 0. The van der Waals surface area contributed by atoms with Crippen LogP contribution in [0, 0.1) is 5.41 Å². The van der Waals surface area contributed by atoms with E-state index in [1.807, 2.05) is 20.8 Å². The van der Waals surface area contributed by atoms with Gasteiger partial charge in [0.15, 0.2) is 9.84 Å². The molecule has 0 aliphatic carbocycles. The van der Waals surface area contributed by atoms with Crippen LogP contribution >= 0.6 is 15.9 Å². The van der Waals surface area contributed by atoms with E-state index in [1.54, 1.807) is 25.3 Å². The van der Waals surface area contributed by atoms with E-state index >= 15 is 0 Å². The summed E-state index contributed by atoms with van der Waals surface area (Å²) in [5, 5.41) is 0. The van der Waals surface area contributed by atoms with E-state index in [2.05, 4.69) is 15.9 Å². The van der Waals surface area contributed by atoms with Crippen molar-refractivity contribution in [1.29, 1.82) is 0 Å². The SMILES string of the molecule is COCCOc1cc(Br)ccc1S(=O)(=O)CC(C)(C)C. The third kappa shape index (κ3) is 5.42. The zero-order valence-corrected chi connectivity index (χ0v) is 14.7. The van der Waals surface area contributed by atoms with Gasteiger partial charge in [-0.15, -0.1) is 0 Å². The summed E-state index contributed by atoms with van der Waals surface area (Å²) in [6.45, 7) is 6.41. The molecule has 0 unspecified atom stereocenters. The Balaban J connectivity index is 3.10. The summed E-state index contributed by atoms with van der Waals surface area (Å²) in [4.78, 5) is 0.228. The molecule has 0 radical (unpaired) electrons. The van der Waals surface area contributed by atoms with Gasteiger partial charge in [-0.1, -0.05) is 36.7 Å². The Morgan fingerprint density at radius 3 is 2.40 bits per heavy atom. The standard InChI is InChI=1S/C14H21BrO4S/c1-14(2,3)10-20(16,17)13-6-5-11(15)9-12(13)19-8-7-18-4/h5-6,9H,7-8,10H2,1-4H3. The second-order valence-corrected chi connectivity index (χ2v) is 8.63. The van der Waals surface area contributed by atoms with Crippen molar-refractivity contribution in [2.45, 2.75) is 25.7 Å². The summed E-state index contributed by atoms with van der Waals surface area (Å²) in [5.41, 5.74) is -0.310. The Bertz CT molecular complexity index is 547. The Morgan fingerprint density at radius 1 is 1.20 bits per heavy atom. The second-order valence-electron chi connectivity index (χ2n) is 5.75. The number of halogens is 1. The van der Waals surface area contributed by atoms with Gasteiger partial charge in [-0.05, 0) is 23.6 Å². The van der Waals surface area contributed by atoms with Crippen molar-refractivity contribution in [3.63, 3.8) is 0 Å². The van der Waals surface area contributed by atoms with Gasteiger partial charge in [0.2, 0.25) is 0 Å². The fourth-order valence-corrected chi connectivity index (χ4v) is 4.07. The molecule has 0 amide bonds. The average Bonchev–Trinajstić information content (AvgIpc) is 2.25. The first kappa shape index (κ1) is 17.5. The molecule has 6 heteroatoms. The number of ether oxygens (including phenoxy) is 2.